The van der Waals surface area contributed by atoms with Crippen LogP contribution in [0.25, 0.3) is 11.6 Å². The average molecular weight is 483 g/mol. The highest BCUT2D eigenvalue weighted by Gasteiger charge is 2.13. The molecule has 0 saturated carbocycles. The van der Waals surface area contributed by atoms with Crippen molar-refractivity contribution in [3.63, 3.8) is 0 Å². The molecule has 0 spiro atoms. The first-order chi connectivity index (χ1) is 15.8. The molecule has 0 radical (unpaired) electrons. The summed E-state index contributed by atoms with van der Waals surface area (Å²) in [5.74, 6) is 1.14. The van der Waals surface area contributed by atoms with E-state index in [0.717, 1.165) is 16.9 Å². The largest absolute Gasteiger partial charge is 0.490 e. The minimum Gasteiger partial charge on any atom is -0.490 e. The molecule has 0 N–H and O–H groups in total. The third-order valence-electron chi connectivity index (χ3n) is 4.76. The summed E-state index contributed by atoms with van der Waals surface area (Å²) >= 11 is 12.5. The highest BCUT2D eigenvalue weighted by atomic mass is 35.5. The van der Waals surface area contributed by atoms with Crippen LogP contribution in [0.5, 0.6) is 11.5 Å². The van der Waals surface area contributed by atoms with Crippen LogP contribution in [-0.4, -0.2) is 18.1 Å². The predicted molar refractivity (Wildman–Crippen MR) is 130 cm³/mol. The van der Waals surface area contributed by atoms with Crippen molar-refractivity contribution >= 4 is 40.5 Å². The average Bonchev–Trinajstić information content (AvgIpc) is 2.77. The monoisotopic (exact) mass is 482 g/mol. The van der Waals surface area contributed by atoms with Crippen molar-refractivity contribution in [2.75, 3.05) is 13.2 Å². The highest BCUT2D eigenvalue weighted by Crippen LogP contribution is 2.35. The van der Waals surface area contributed by atoms with E-state index in [1.54, 1.807) is 18.2 Å². The van der Waals surface area contributed by atoms with Gasteiger partial charge in [-0.3, -0.25) is 10.1 Å². The molecule has 0 saturated heterocycles. The third-order valence-corrected chi connectivity index (χ3v) is 5.26. The normalized spacial score (nSPS) is 11.1. The van der Waals surface area contributed by atoms with E-state index < -0.39 is 4.92 Å². The second-order valence-electron chi connectivity index (χ2n) is 7.25. The lowest BCUT2D eigenvalue weighted by molar-refractivity contribution is -0.384. The van der Waals surface area contributed by atoms with E-state index in [1.165, 1.54) is 24.3 Å². The van der Waals surface area contributed by atoms with Gasteiger partial charge in [-0.2, -0.15) is 5.26 Å². The van der Waals surface area contributed by atoms with Crippen LogP contribution in [0.15, 0.2) is 54.6 Å². The van der Waals surface area contributed by atoms with Crippen molar-refractivity contribution in [1.29, 1.82) is 5.26 Å². The lowest BCUT2D eigenvalue weighted by Crippen LogP contribution is -2.10. The summed E-state index contributed by atoms with van der Waals surface area (Å²) in [4.78, 5) is 10.4. The quantitative estimate of drug-likeness (QED) is 0.113. The molecule has 3 rings (SSSR count). The predicted octanol–water partition coefficient (Wildman–Crippen LogP) is 7.04. The zero-order chi connectivity index (χ0) is 24.0. The number of hydrogen-bond acceptors (Lipinski definition) is 5. The van der Waals surface area contributed by atoms with Gasteiger partial charge in [-0.25, -0.2) is 0 Å². The second kappa shape index (κ2) is 10.9. The molecule has 0 fully saturated rings. The van der Waals surface area contributed by atoms with Crippen molar-refractivity contribution in [3.05, 3.63) is 97.0 Å². The van der Waals surface area contributed by atoms with Gasteiger partial charge in [0.25, 0.3) is 5.69 Å². The minimum atomic E-state index is -0.498. The molecule has 0 atom stereocenters. The molecule has 0 bridgehead atoms. The Bertz CT molecular complexity index is 1250. The summed E-state index contributed by atoms with van der Waals surface area (Å²) in [5.41, 5.74) is 3.43. The van der Waals surface area contributed by atoms with E-state index in [2.05, 4.69) is 6.07 Å². The molecule has 3 aromatic rings. The number of nitro benzene ring substituents is 1. The van der Waals surface area contributed by atoms with E-state index in [4.69, 9.17) is 32.7 Å². The number of benzene rings is 3. The van der Waals surface area contributed by atoms with E-state index in [0.29, 0.717) is 33.5 Å². The second-order valence-corrected chi connectivity index (χ2v) is 8.09. The molecular formula is C25H20Cl2N2O4. The summed E-state index contributed by atoms with van der Waals surface area (Å²) in [7, 11) is 0. The molecule has 0 aliphatic heterocycles. The van der Waals surface area contributed by atoms with E-state index in [-0.39, 0.29) is 17.9 Å². The maximum absolute atomic E-state index is 10.9. The first-order valence-electron chi connectivity index (χ1n) is 9.97. The van der Waals surface area contributed by atoms with Crippen LogP contribution in [0, 0.1) is 35.3 Å². The minimum absolute atomic E-state index is 0.0605. The molecule has 0 aromatic heterocycles. The van der Waals surface area contributed by atoms with E-state index >= 15 is 0 Å². The Morgan fingerprint density at radius 2 is 1.76 bits per heavy atom. The Balaban J connectivity index is 1.80. The molecule has 33 heavy (non-hydrogen) atoms. The Morgan fingerprint density at radius 1 is 1.06 bits per heavy atom. The van der Waals surface area contributed by atoms with Gasteiger partial charge in [0, 0.05) is 22.7 Å². The summed E-state index contributed by atoms with van der Waals surface area (Å²) < 4.78 is 11.7. The summed E-state index contributed by atoms with van der Waals surface area (Å²) in [5, 5.41) is 21.2. The standard InChI is InChI=1S/C25H20Cl2N2O4/c1-16-3-8-24(17(2)11-16)32-9-10-33-25-19(13-21(26)14-23(25)27)12-20(15-28)18-4-6-22(7-5-18)29(30)31/h3-8,11-14H,9-10H2,1-2H3/b20-12+. The zero-order valence-electron chi connectivity index (χ0n) is 18.0. The first kappa shape index (κ1) is 24.1. The van der Waals surface area contributed by atoms with Gasteiger partial charge in [-0.1, -0.05) is 40.9 Å². The van der Waals surface area contributed by atoms with Gasteiger partial charge >= 0.3 is 0 Å². The molecule has 0 unspecified atom stereocenters. The van der Waals surface area contributed by atoms with Gasteiger partial charge in [0.2, 0.25) is 0 Å². The van der Waals surface area contributed by atoms with Gasteiger partial charge < -0.3 is 9.47 Å². The van der Waals surface area contributed by atoms with E-state index in [1.807, 2.05) is 32.0 Å². The summed E-state index contributed by atoms with van der Waals surface area (Å²) in [6.45, 7) is 4.50. The van der Waals surface area contributed by atoms with Gasteiger partial charge in [0.05, 0.1) is 21.6 Å². The van der Waals surface area contributed by atoms with Crippen LogP contribution in [0.2, 0.25) is 10.0 Å². The lowest BCUT2D eigenvalue weighted by Gasteiger charge is -2.14. The fraction of sp³-hybridized carbons (Fsp3) is 0.160. The summed E-state index contributed by atoms with van der Waals surface area (Å²) in [6.07, 6.45) is 1.58. The maximum Gasteiger partial charge on any atom is 0.269 e. The van der Waals surface area contributed by atoms with Gasteiger partial charge in [0.1, 0.15) is 24.7 Å². The Hall–Kier alpha value is -3.53. The number of nitriles is 1. The molecule has 0 amide bonds. The van der Waals surface area contributed by atoms with Gasteiger partial charge in [-0.05, 0) is 61.4 Å². The molecule has 6 nitrogen and oxygen atoms in total. The fourth-order valence-corrected chi connectivity index (χ4v) is 3.76. The number of nitrogens with zero attached hydrogens (tertiary/aromatic N) is 2. The number of aryl methyl sites for hydroxylation is 2. The fourth-order valence-electron chi connectivity index (χ4n) is 3.19. The molecule has 8 heteroatoms. The Morgan fingerprint density at radius 3 is 2.39 bits per heavy atom. The van der Waals surface area contributed by atoms with Crippen LogP contribution in [0.3, 0.4) is 0 Å². The van der Waals surface area contributed by atoms with Crippen LogP contribution in [-0.2, 0) is 0 Å². The number of nitro groups is 1. The first-order valence-corrected chi connectivity index (χ1v) is 10.7. The number of halogens is 2. The molecule has 168 valence electrons. The zero-order valence-corrected chi connectivity index (χ0v) is 19.5. The molecule has 0 aliphatic rings. The third kappa shape index (κ3) is 6.26. The smallest absolute Gasteiger partial charge is 0.269 e. The van der Waals surface area contributed by atoms with Crippen LogP contribution < -0.4 is 9.47 Å². The van der Waals surface area contributed by atoms with Gasteiger partial charge in [-0.15, -0.1) is 0 Å². The molecule has 3 aromatic carbocycles. The Labute approximate surface area is 201 Å². The van der Waals surface area contributed by atoms with E-state index in [9.17, 15) is 15.4 Å². The topological polar surface area (TPSA) is 85.4 Å². The van der Waals surface area contributed by atoms with Crippen molar-refractivity contribution in [1.82, 2.24) is 0 Å². The molecule has 0 aliphatic carbocycles. The van der Waals surface area contributed by atoms with Gasteiger partial charge in [0.15, 0.2) is 0 Å². The number of allylic oxidation sites excluding steroid dienone is 1. The molecular weight excluding hydrogens is 463 g/mol. The lowest BCUT2D eigenvalue weighted by atomic mass is 10.0. The molecule has 0 heterocycles. The van der Waals surface area contributed by atoms with Crippen molar-refractivity contribution in [2.45, 2.75) is 13.8 Å². The van der Waals surface area contributed by atoms with Crippen LogP contribution >= 0.6 is 23.2 Å². The Kier molecular flexibility index (Phi) is 7.94. The van der Waals surface area contributed by atoms with Crippen molar-refractivity contribution in [3.8, 4) is 17.6 Å². The van der Waals surface area contributed by atoms with Crippen LogP contribution in [0.1, 0.15) is 22.3 Å². The number of rotatable bonds is 8. The summed E-state index contributed by atoms with van der Waals surface area (Å²) in [6, 6.07) is 16.9. The number of non-ortho nitro benzene ring substituents is 1. The maximum atomic E-state index is 10.9. The van der Waals surface area contributed by atoms with Crippen molar-refractivity contribution in [2.24, 2.45) is 0 Å². The number of ether oxygens (including phenoxy) is 2. The highest BCUT2D eigenvalue weighted by molar-refractivity contribution is 6.36. The number of hydrogen-bond donors (Lipinski definition) is 0. The van der Waals surface area contributed by atoms with Crippen LogP contribution in [0.4, 0.5) is 5.69 Å². The van der Waals surface area contributed by atoms with Crippen molar-refractivity contribution < 1.29 is 14.4 Å². The SMILES string of the molecule is Cc1ccc(OCCOc2c(Cl)cc(Cl)cc2/C=C(\C#N)c2ccc([N+](=O)[O-])cc2)c(C)c1.